The highest BCUT2D eigenvalue weighted by Crippen LogP contribution is 2.20. The molecule has 0 aliphatic rings. The van der Waals surface area contributed by atoms with Crippen molar-refractivity contribution in [1.29, 1.82) is 0 Å². The Bertz CT molecular complexity index is 749. The van der Waals surface area contributed by atoms with Gasteiger partial charge in [0, 0.05) is 49.0 Å². The summed E-state index contributed by atoms with van der Waals surface area (Å²) in [6.45, 7) is 1.56. The molecule has 4 nitrogen and oxygen atoms in total. The molecule has 2 aromatic heterocycles. The monoisotopic (exact) mass is 281 g/mol. The summed E-state index contributed by atoms with van der Waals surface area (Å²) in [5.41, 5.74) is 3.63. The zero-order valence-electron chi connectivity index (χ0n) is 12.3. The Morgan fingerprint density at radius 2 is 1.90 bits per heavy atom. The minimum atomic E-state index is 0.683. The molecule has 0 radical (unpaired) electrons. The molecule has 4 heteroatoms. The number of hydrogen-bond donors (Lipinski definition) is 1. The molecular formula is C17H19N3O. The van der Waals surface area contributed by atoms with E-state index in [2.05, 4.69) is 52.4 Å². The van der Waals surface area contributed by atoms with Crippen LogP contribution in [0.4, 0.5) is 0 Å². The summed E-state index contributed by atoms with van der Waals surface area (Å²) in [4.78, 5) is 4.21. The van der Waals surface area contributed by atoms with Crippen molar-refractivity contribution in [2.24, 2.45) is 7.05 Å². The largest absolute Gasteiger partial charge is 0.481 e. The third kappa shape index (κ3) is 2.76. The van der Waals surface area contributed by atoms with Crippen LogP contribution >= 0.6 is 0 Å². The summed E-state index contributed by atoms with van der Waals surface area (Å²) in [5.74, 6) is 0.683. The highest BCUT2D eigenvalue weighted by atomic mass is 16.5. The number of nitrogens with one attached hydrogen (secondary N) is 1. The van der Waals surface area contributed by atoms with E-state index < -0.39 is 0 Å². The number of nitrogens with zero attached hydrogens (tertiary/aromatic N) is 2. The number of pyridine rings is 1. The normalized spacial score (nSPS) is 11.0. The first-order valence-corrected chi connectivity index (χ1v) is 7.01. The molecule has 1 N–H and O–H groups in total. The van der Waals surface area contributed by atoms with Gasteiger partial charge in [0.05, 0.1) is 7.11 Å². The van der Waals surface area contributed by atoms with Crippen molar-refractivity contribution in [2.75, 3.05) is 7.11 Å². The number of para-hydroxylation sites is 1. The maximum atomic E-state index is 5.27. The maximum Gasteiger partial charge on any atom is 0.217 e. The van der Waals surface area contributed by atoms with Crippen LogP contribution in [0, 0.1) is 0 Å². The predicted octanol–water partition coefficient (Wildman–Crippen LogP) is 2.87. The van der Waals surface area contributed by atoms with Gasteiger partial charge in [-0.1, -0.05) is 24.3 Å². The van der Waals surface area contributed by atoms with Gasteiger partial charge in [-0.05, 0) is 17.7 Å². The summed E-state index contributed by atoms with van der Waals surface area (Å²) < 4.78 is 7.43. The van der Waals surface area contributed by atoms with Crippen molar-refractivity contribution in [3.63, 3.8) is 0 Å². The Morgan fingerprint density at radius 1 is 1.10 bits per heavy atom. The Hall–Kier alpha value is -2.33. The van der Waals surface area contributed by atoms with Gasteiger partial charge in [0.1, 0.15) is 0 Å². The van der Waals surface area contributed by atoms with Crippen molar-refractivity contribution in [3.05, 3.63) is 59.9 Å². The molecule has 0 aliphatic heterocycles. The van der Waals surface area contributed by atoms with Crippen LogP contribution in [-0.2, 0) is 20.1 Å². The molecule has 2 heterocycles. The molecule has 0 spiro atoms. The molecule has 0 atom stereocenters. The lowest BCUT2D eigenvalue weighted by Gasteiger charge is -2.08. The maximum absolute atomic E-state index is 5.27. The molecule has 0 bridgehead atoms. The fraction of sp³-hybridized carbons (Fsp3) is 0.235. The van der Waals surface area contributed by atoms with Crippen molar-refractivity contribution in [2.45, 2.75) is 13.1 Å². The van der Waals surface area contributed by atoms with Gasteiger partial charge in [-0.25, -0.2) is 4.98 Å². The number of aryl methyl sites for hydroxylation is 1. The van der Waals surface area contributed by atoms with E-state index in [1.165, 1.54) is 16.5 Å². The Balaban J connectivity index is 1.72. The number of methoxy groups -OCH3 is 1. The molecule has 21 heavy (non-hydrogen) atoms. The number of hydrogen-bond acceptors (Lipinski definition) is 3. The number of aromatic nitrogens is 2. The Morgan fingerprint density at radius 3 is 2.76 bits per heavy atom. The van der Waals surface area contributed by atoms with E-state index in [1.807, 2.05) is 12.1 Å². The zero-order chi connectivity index (χ0) is 14.7. The van der Waals surface area contributed by atoms with E-state index in [1.54, 1.807) is 13.3 Å². The number of fused-ring (bicyclic) bond motifs is 1. The highest BCUT2D eigenvalue weighted by molar-refractivity contribution is 5.83. The van der Waals surface area contributed by atoms with Gasteiger partial charge >= 0.3 is 0 Å². The molecule has 108 valence electrons. The molecule has 0 aliphatic carbocycles. The molecule has 3 rings (SSSR count). The van der Waals surface area contributed by atoms with E-state index in [9.17, 15) is 0 Å². The number of ether oxygens (including phenoxy) is 1. The van der Waals surface area contributed by atoms with Crippen LogP contribution < -0.4 is 10.1 Å². The highest BCUT2D eigenvalue weighted by Gasteiger charge is 2.06. The average molecular weight is 281 g/mol. The molecule has 0 saturated heterocycles. The number of benzene rings is 1. The lowest BCUT2D eigenvalue weighted by molar-refractivity contribution is 0.390. The first kappa shape index (κ1) is 13.6. The predicted molar refractivity (Wildman–Crippen MR) is 84.3 cm³/mol. The van der Waals surface area contributed by atoms with Crippen LogP contribution in [0.25, 0.3) is 10.9 Å². The molecular weight excluding hydrogens is 262 g/mol. The summed E-state index contributed by atoms with van der Waals surface area (Å²) in [5, 5.41) is 4.76. The Kier molecular flexibility index (Phi) is 3.88. The second-order valence-corrected chi connectivity index (χ2v) is 5.06. The van der Waals surface area contributed by atoms with E-state index >= 15 is 0 Å². The SMILES string of the molecule is COc1ncccc1CNCc1cn(C)c2ccccc12. The fourth-order valence-corrected chi connectivity index (χ4v) is 2.64. The third-order valence-corrected chi connectivity index (χ3v) is 3.65. The molecule has 3 aromatic rings. The van der Waals surface area contributed by atoms with Gasteiger partial charge in [0.15, 0.2) is 0 Å². The van der Waals surface area contributed by atoms with E-state index in [0.717, 1.165) is 18.7 Å². The van der Waals surface area contributed by atoms with Gasteiger partial charge in [0.2, 0.25) is 5.88 Å². The summed E-state index contributed by atoms with van der Waals surface area (Å²) in [6.07, 6.45) is 3.92. The summed E-state index contributed by atoms with van der Waals surface area (Å²) in [6, 6.07) is 12.4. The summed E-state index contributed by atoms with van der Waals surface area (Å²) >= 11 is 0. The van der Waals surface area contributed by atoms with Gasteiger partial charge < -0.3 is 14.6 Å². The lowest BCUT2D eigenvalue weighted by atomic mass is 10.1. The summed E-state index contributed by atoms with van der Waals surface area (Å²) in [7, 11) is 3.73. The Labute approximate surface area is 124 Å². The smallest absolute Gasteiger partial charge is 0.217 e. The molecule has 0 saturated carbocycles. The van der Waals surface area contributed by atoms with Crippen molar-refractivity contribution in [1.82, 2.24) is 14.9 Å². The van der Waals surface area contributed by atoms with E-state index in [4.69, 9.17) is 4.74 Å². The van der Waals surface area contributed by atoms with Crippen molar-refractivity contribution < 1.29 is 4.74 Å². The molecule has 0 fully saturated rings. The van der Waals surface area contributed by atoms with Crippen LogP contribution in [0.15, 0.2) is 48.8 Å². The second kappa shape index (κ2) is 5.97. The molecule has 0 unspecified atom stereocenters. The van der Waals surface area contributed by atoms with Crippen molar-refractivity contribution in [3.8, 4) is 5.88 Å². The number of rotatable bonds is 5. The van der Waals surface area contributed by atoms with Crippen LogP contribution in [0.2, 0.25) is 0 Å². The van der Waals surface area contributed by atoms with Crippen LogP contribution in [-0.4, -0.2) is 16.7 Å². The molecule has 0 amide bonds. The minimum absolute atomic E-state index is 0.683. The lowest BCUT2D eigenvalue weighted by Crippen LogP contribution is -2.13. The van der Waals surface area contributed by atoms with Crippen molar-refractivity contribution >= 4 is 10.9 Å². The fourth-order valence-electron chi connectivity index (χ4n) is 2.64. The third-order valence-electron chi connectivity index (χ3n) is 3.65. The topological polar surface area (TPSA) is 39.1 Å². The van der Waals surface area contributed by atoms with E-state index in [0.29, 0.717) is 5.88 Å². The van der Waals surface area contributed by atoms with Gasteiger partial charge in [0.25, 0.3) is 0 Å². The first-order valence-electron chi connectivity index (χ1n) is 7.01. The van der Waals surface area contributed by atoms with Gasteiger partial charge in [-0.2, -0.15) is 0 Å². The second-order valence-electron chi connectivity index (χ2n) is 5.06. The standard InChI is InChI=1S/C17H19N3O/c1-20-12-14(15-7-3-4-8-16(15)20)11-18-10-13-6-5-9-19-17(13)21-2/h3-9,12,18H,10-11H2,1-2H3. The van der Waals surface area contributed by atoms with Crippen LogP contribution in [0.1, 0.15) is 11.1 Å². The first-order chi connectivity index (χ1) is 10.3. The van der Waals surface area contributed by atoms with Crippen LogP contribution in [0.5, 0.6) is 5.88 Å². The molecule has 1 aromatic carbocycles. The minimum Gasteiger partial charge on any atom is -0.481 e. The van der Waals surface area contributed by atoms with Crippen LogP contribution in [0.3, 0.4) is 0 Å². The van der Waals surface area contributed by atoms with Gasteiger partial charge in [-0.3, -0.25) is 0 Å². The zero-order valence-corrected chi connectivity index (χ0v) is 12.3. The quantitative estimate of drug-likeness (QED) is 0.781. The van der Waals surface area contributed by atoms with E-state index in [-0.39, 0.29) is 0 Å². The van der Waals surface area contributed by atoms with Gasteiger partial charge in [-0.15, -0.1) is 0 Å². The average Bonchev–Trinajstić information content (AvgIpc) is 2.85.